The number of sulfonamides is 1. The summed E-state index contributed by atoms with van der Waals surface area (Å²) in [7, 11) is -4.69. The molecule has 2 atom stereocenters. The van der Waals surface area contributed by atoms with Gasteiger partial charge in [0.1, 0.15) is 17.4 Å². The first-order chi connectivity index (χ1) is 20.7. The molecular formula is C32H45N3O8S. The van der Waals surface area contributed by atoms with E-state index in [0.717, 1.165) is 24.3 Å². The van der Waals surface area contributed by atoms with Crippen LogP contribution in [-0.4, -0.2) is 67.1 Å². The van der Waals surface area contributed by atoms with Crippen LogP contribution in [0.1, 0.15) is 83.3 Å². The molecule has 0 aromatic heterocycles. The van der Waals surface area contributed by atoms with E-state index in [2.05, 4.69) is 4.90 Å². The number of nitrogens with two attached hydrogens (primary N) is 1. The number of carboxylic acids is 1. The van der Waals surface area contributed by atoms with Crippen LogP contribution in [0.3, 0.4) is 0 Å². The average Bonchev–Trinajstić information content (AvgIpc) is 3.48. The number of benzene rings is 2. The van der Waals surface area contributed by atoms with Gasteiger partial charge in [-0.25, -0.2) is 18.0 Å². The van der Waals surface area contributed by atoms with E-state index in [-0.39, 0.29) is 34.3 Å². The molecule has 2 aromatic rings. The molecule has 0 radical (unpaired) electrons. The number of esters is 1. The van der Waals surface area contributed by atoms with E-state index in [1.165, 1.54) is 31.0 Å². The van der Waals surface area contributed by atoms with Gasteiger partial charge >= 0.3 is 18.0 Å². The minimum atomic E-state index is -4.69. The van der Waals surface area contributed by atoms with Gasteiger partial charge in [-0.3, -0.25) is 4.79 Å². The lowest BCUT2D eigenvalue weighted by Gasteiger charge is -2.31. The van der Waals surface area contributed by atoms with Crippen LogP contribution in [0.25, 0.3) is 0 Å². The molecule has 1 aliphatic heterocycles. The summed E-state index contributed by atoms with van der Waals surface area (Å²) in [6.07, 6.45) is 2.13. The number of aryl methyl sites for hydroxylation is 1. The van der Waals surface area contributed by atoms with Gasteiger partial charge < -0.3 is 25.2 Å². The second-order valence-corrected chi connectivity index (χ2v) is 13.8. The van der Waals surface area contributed by atoms with E-state index in [1.807, 2.05) is 31.2 Å². The number of carbonyl (C=O) groups is 3. The van der Waals surface area contributed by atoms with Crippen LogP contribution in [0, 0.1) is 6.92 Å². The molecule has 242 valence electrons. The van der Waals surface area contributed by atoms with Crippen LogP contribution in [0.2, 0.25) is 0 Å². The molecule has 3 N–H and O–H groups in total. The molecule has 1 fully saturated rings. The lowest BCUT2D eigenvalue weighted by Crippen LogP contribution is -2.50. The van der Waals surface area contributed by atoms with Crippen LogP contribution in [0.4, 0.5) is 10.5 Å². The molecule has 1 amide bonds. The molecule has 0 bridgehead atoms. The molecule has 0 aliphatic carbocycles. The number of hydrogen-bond donors (Lipinski definition) is 2. The van der Waals surface area contributed by atoms with Crippen molar-refractivity contribution >= 4 is 33.7 Å². The van der Waals surface area contributed by atoms with Crippen molar-refractivity contribution in [3.63, 3.8) is 0 Å². The van der Waals surface area contributed by atoms with Crippen LogP contribution in [-0.2, 0) is 24.3 Å². The smallest absolute Gasteiger partial charge is 0.425 e. The van der Waals surface area contributed by atoms with Gasteiger partial charge in [-0.1, -0.05) is 19.1 Å². The summed E-state index contributed by atoms with van der Waals surface area (Å²) >= 11 is 0. The summed E-state index contributed by atoms with van der Waals surface area (Å²) in [5.74, 6) is -2.35. The van der Waals surface area contributed by atoms with Crippen molar-refractivity contribution in [2.24, 2.45) is 5.73 Å². The highest BCUT2D eigenvalue weighted by Gasteiger charge is 2.42. The topological polar surface area (TPSA) is 157 Å². The number of ether oxygens (including phenoxy) is 2. The number of carbonyl (C=O) groups excluding carboxylic acids is 2. The third-order valence-electron chi connectivity index (χ3n) is 7.45. The molecule has 12 heteroatoms. The van der Waals surface area contributed by atoms with Gasteiger partial charge in [0.05, 0.1) is 10.8 Å². The molecule has 1 heterocycles. The predicted octanol–water partition coefficient (Wildman–Crippen LogP) is 5.20. The highest BCUT2D eigenvalue weighted by atomic mass is 32.2. The zero-order chi connectivity index (χ0) is 32.7. The lowest BCUT2D eigenvalue weighted by molar-refractivity contribution is -0.141. The van der Waals surface area contributed by atoms with Crippen molar-refractivity contribution in [2.75, 3.05) is 24.5 Å². The molecule has 11 nitrogen and oxygen atoms in total. The molecule has 1 unspecified atom stereocenters. The molecule has 0 saturated carbocycles. The van der Waals surface area contributed by atoms with Gasteiger partial charge in [0.15, 0.2) is 0 Å². The summed E-state index contributed by atoms with van der Waals surface area (Å²) in [5, 5.41) is 9.93. The number of nitrogens with zero attached hydrogens (tertiary/aromatic N) is 2. The average molecular weight is 632 g/mol. The van der Waals surface area contributed by atoms with E-state index < -0.39 is 45.6 Å². The van der Waals surface area contributed by atoms with Crippen LogP contribution < -0.4 is 15.4 Å². The number of unbranched alkanes of at least 4 members (excludes halogenated alkanes) is 1. The van der Waals surface area contributed by atoms with Crippen molar-refractivity contribution in [3.8, 4) is 5.75 Å². The van der Waals surface area contributed by atoms with Crippen molar-refractivity contribution in [3.05, 3.63) is 53.6 Å². The van der Waals surface area contributed by atoms with E-state index in [9.17, 15) is 27.9 Å². The SMILES string of the molecule is CCC(C(=O)Oc1ccc(S(=O)(=O)N(C(=O)OC(C)(C)C)[C@@H](CCCCN)C(=O)O)cc1C)c1ccc(N2CCCC2)cc1. The van der Waals surface area contributed by atoms with E-state index in [1.54, 1.807) is 27.7 Å². The Kier molecular flexibility index (Phi) is 11.8. The summed E-state index contributed by atoms with van der Waals surface area (Å²) in [6.45, 7) is 10.4. The maximum Gasteiger partial charge on any atom is 0.425 e. The minimum absolute atomic E-state index is 0.142. The zero-order valence-electron chi connectivity index (χ0n) is 26.2. The van der Waals surface area contributed by atoms with Crippen LogP contribution in [0.5, 0.6) is 5.75 Å². The van der Waals surface area contributed by atoms with Crippen LogP contribution >= 0.6 is 0 Å². The van der Waals surface area contributed by atoms with Gasteiger partial charge in [0.25, 0.3) is 10.0 Å². The maximum absolute atomic E-state index is 13.8. The number of amides is 1. The van der Waals surface area contributed by atoms with Gasteiger partial charge in [-0.15, -0.1) is 0 Å². The van der Waals surface area contributed by atoms with Crippen molar-refractivity contribution in [1.29, 1.82) is 0 Å². The summed E-state index contributed by atoms with van der Waals surface area (Å²) < 4.78 is 38.9. The highest BCUT2D eigenvalue weighted by Crippen LogP contribution is 2.31. The normalized spacial score (nSPS) is 15.0. The van der Waals surface area contributed by atoms with Crippen LogP contribution in [0.15, 0.2) is 47.4 Å². The first-order valence-corrected chi connectivity index (χ1v) is 16.5. The predicted molar refractivity (Wildman–Crippen MR) is 167 cm³/mol. The number of rotatable bonds is 13. The standard InChI is InChI=1S/C32H45N3O8S/c1-6-26(23-12-14-24(15-13-23)34-19-9-10-20-34)30(38)42-28-17-16-25(21-22(28)2)44(40,41)35(31(39)43-32(3,4)5)27(29(36)37)11-7-8-18-33/h12-17,21,26-27H,6-11,18-20,33H2,1-5H3,(H,36,37)/t26?,27-/m0/s1. The molecule has 44 heavy (non-hydrogen) atoms. The molecule has 1 saturated heterocycles. The molecular weight excluding hydrogens is 586 g/mol. The number of anilines is 1. The van der Waals surface area contributed by atoms with E-state index in [4.69, 9.17) is 15.2 Å². The number of hydrogen-bond acceptors (Lipinski definition) is 9. The van der Waals surface area contributed by atoms with Gasteiger partial charge in [-0.05, 0) is 114 Å². The third-order valence-corrected chi connectivity index (χ3v) is 9.22. The Labute approximate surface area is 260 Å². The Balaban J connectivity index is 1.87. The summed E-state index contributed by atoms with van der Waals surface area (Å²) in [4.78, 5) is 40.6. The zero-order valence-corrected chi connectivity index (χ0v) is 27.1. The maximum atomic E-state index is 13.8. The van der Waals surface area contributed by atoms with Crippen molar-refractivity contribution in [2.45, 2.75) is 95.6 Å². The largest absolute Gasteiger partial charge is 0.480 e. The van der Waals surface area contributed by atoms with Gasteiger partial charge in [0, 0.05) is 18.8 Å². The Morgan fingerprint density at radius 1 is 1.05 bits per heavy atom. The Bertz CT molecular complexity index is 1410. The molecule has 1 aliphatic rings. The Hall–Kier alpha value is -3.64. The first kappa shape index (κ1) is 34.8. The molecule has 3 rings (SSSR count). The molecule has 0 spiro atoms. The fourth-order valence-electron chi connectivity index (χ4n) is 5.14. The fourth-order valence-corrected chi connectivity index (χ4v) is 6.70. The summed E-state index contributed by atoms with van der Waals surface area (Å²) in [5.41, 5.74) is 6.71. The lowest BCUT2D eigenvalue weighted by atomic mass is 9.96. The summed E-state index contributed by atoms with van der Waals surface area (Å²) in [6, 6.07) is 9.96. The fraction of sp³-hybridized carbons (Fsp3) is 0.531. The van der Waals surface area contributed by atoms with Crippen molar-refractivity contribution < 1.29 is 37.4 Å². The first-order valence-electron chi connectivity index (χ1n) is 15.1. The molecule has 2 aromatic carbocycles. The van der Waals surface area contributed by atoms with Crippen molar-refractivity contribution in [1.82, 2.24) is 4.31 Å². The minimum Gasteiger partial charge on any atom is -0.480 e. The second kappa shape index (κ2) is 14.9. The number of carboxylic acid groups (broad SMARTS) is 1. The highest BCUT2D eigenvalue weighted by molar-refractivity contribution is 7.89. The Morgan fingerprint density at radius 2 is 1.68 bits per heavy atom. The Morgan fingerprint density at radius 3 is 2.20 bits per heavy atom. The van der Waals surface area contributed by atoms with Gasteiger partial charge in [-0.2, -0.15) is 4.31 Å². The van der Waals surface area contributed by atoms with E-state index >= 15 is 0 Å². The van der Waals surface area contributed by atoms with E-state index in [0.29, 0.717) is 18.4 Å². The monoisotopic (exact) mass is 631 g/mol. The third kappa shape index (κ3) is 8.72. The second-order valence-electron chi connectivity index (χ2n) is 12.0. The van der Waals surface area contributed by atoms with Gasteiger partial charge in [0.2, 0.25) is 0 Å². The number of aliphatic carboxylic acids is 1. The quantitative estimate of drug-likeness (QED) is 0.171.